The standard InChI is InChI=1S/C19H21FN2O2/c1-11-7-8-15(20)14-10-16(22-17(11)14)18(23)21-13-6-4-5-12(9-13)19(2,3)24/h4-9,16,22,24H,10H2,1-3H3,(H,21,23). The van der Waals surface area contributed by atoms with E-state index in [9.17, 15) is 14.3 Å². The molecular formula is C19H21FN2O2. The minimum Gasteiger partial charge on any atom is -0.386 e. The fourth-order valence-corrected chi connectivity index (χ4v) is 2.93. The van der Waals surface area contributed by atoms with E-state index in [1.54, 1.807) is 44.2 Å². The van der Waals surface area contributed by atoms with Gasteiger partial charge in [-0.1, -0.05) is 18.2 Å². The zero-order valence-corrected chi connectivity index (χ0v) is 14.0. The van der Waals surface area contributed by atoms with Crippen LogP contribution in [0.5, 0.6) is 0 Å². The average Bonchev–Trinajstić information content (AvgIpc) is 2.97. The quantitative estimate of drug-likeness (QED) is 0.810. The summed E-state index contributed by atoms with van der Waals surface area (Å²) in [6.07, 6.45) is 0.319. The van der Waals surface area contributed by atoms with E-state index >= 15 is 0 Å². The Kier molecular flexibility index (Phi) is 4.05. The van der Waals surface area contributed by atoms with Gasteiger partial charge in [-0.05, 0) is 50.1 Å². The minimum absolute atomic E-state index is 0.224. The van der Waals surface area contributed by atoms with Gasteiger partial charge in [-0.2, -0.15) is 0 Å². The highest BCUT2D eigenvalue weighted by molar-refractivity contribution is 5.98. The Balaban J connectivity index is 1.76. The summed E-state index contributed by atoms with van der Waals surface area (Å²) in [5.74, 6) is -0.514. The Morgan fingerprint density at radius 3 is 2.75 bits per heavy atom. The van der Waals surface area contributed by atoms with Crippen LogP contribution in [-0.4, -0.2) is 17.1 Å². The Morgan fingerprint density at radius 1 is 1.33 bits per heavy atom. The van der Waals surface area contributed by atoms with Gasteiger partial charge in [-0.25, -0.2) is 4.39 Å². The molecule has 3 rings (SSSR count). The lowest BCUT2D eigenvalue weighted by Crippen LogP contribution is -2.33. The highest BCUT2D eigenvalue weighted by Gasteiger charge is 2.30. The number of halogens is 1. The predicted molar refractivity (Wildman–Crippen MR) is 92.6 cm³/mol. The number of nitrogens with one attached hydrogen (secondary N) is 2. The van der Waals surface area contributed by atoms with Gasteiger partial charge in [0.05, 0.1) is 5.60 Å². The molecule has 1 unspecified atom stereocenters. The molecule has 1 aliphatic rings. The molecule has 24 heavy (non-hydrogen) atoms. The fourth-order valence-electron chi connectivity index (χ4n) is 2.93. The third kappa shape index (κ3) is 3.12. The number of fused-ring (bicyclic) bond motifs is 1. The van der Waals surface area contributed by atoms with E-state index in [1.165, 1.54) is 6.07 Å². The van der Waals surface area contributed by atoms with Gasteiger partial charge in [-0.3, -0.25) is 4.79 Å². The van der Waals surface area contributed by atoms with Gasteiger partial charge in [0.15, 0.2) is 0 Å². The molecule has 0 saturated carbocycles. The molecule has 0 spiro atoms. The molecule has 0 aromatic heterocycles. The molecule has 1 amide bonds. The highest BCUT2D eigenvalue weighted by Crippen LogP contribution is 2.32. The first-order valence-electron chi connectivity index (χ1n) is 7.94. The number of carbonyl (C=O) groups excluding carboxylic acids is 1. The number of benzene rings is 2. The van der Waals surface area contributed by atoms with Gasteiger partial charge in [0.1, 0.15) is 11.9 Å². The second-order valence-electron chi connectivity index (χ2n) is 6.75. The zero-order valence-electron chi connectivity index (χ0n) is 14.0. The number of carbonyl (C=O) groups is 1. The average molecular weight is 328 g/mol. The Morgan fingerprint density at radius 2 is 2.08 bits per heavy atom. The number of amides is 1. The monoisotopic (exact) mass is 328 g/mol. The molecular weight excluding hydrogens is 307 g/mol. The predicted octanol–water partition coefficient (Wildman–Crippen LogP) is 3.34. The first kappa shape index (κ1) is 16.5. The Labute approximate surface area is 140 Å². The highest BCUT2D eigenvalue weighted by atomic mass is 19.1. The van der Waals surface area contributed by atoms with Crippen LogP contribution in [0.2, 0.25) is 0 Å². The summed E-state index contributed by atoms with van der Waals surface area (Å²) in [5.41, 5.74) is 2.52. The van der Waals surface area contributed by atoms with Crippen molar-refractivity contribution in [3.05, 3.63) is 58.9 Å². The van der Waals surface area contributed by atoms with Crippen molar-refractivity contribution in [3.63, 3.8) is 0 Å². The van der Waals surface area contributed by atoms with E-state index < -0.39 is 11.6 Å². The number of aliphatic hydroxyl groups is 1. The van der Waals surface area contributed by atoms with Crippen molar-refractivity contribution < 1.29 is 14.3 Å². The van der Waals surface area contributed by atoms with Crippen molar-refractivity contribution in [2.45, 2.75) is 38.8 Å². The number of hydrogen-bond donors (Lipinski definition) is 3. The SMILES string of the molecule is Cc1ccc(F)c2c1NC(C(=O)Nc1cccc(C(C)(C)O)c1)C2. The van der Waals surface area contributed by atoms with Gasteiger partial charge < -0.3 is 15.7 Å². The van der Waals surface area contributed by atoms with Crippen molar-refractivity contribution in [1.82, 2.24) is 0 Å². The second-order valence-corrected chi connectivity index (χ2v) is 6.75. The maximum absolute atomic E-state index is 13.9. The van der Waals surface area contributed by atoms with Crippen LogP contribution in [-0.2, 0) is 16.8 Å². The normalized spacial score (nSPS) is 16.5. The van der Waals surface area contributed by atoms with E-state index in [1.807, 2.05) is 6.92 Å². The van der Waals surface area contributed by atoms with E-state index in [0.29, 0.717) is 28.9 Å². The summed E-state index contributed by atoms with van der Waals surface area (Å²) in [5, 5.41) is 16.0. The molecule has 1 aliphatic heterocycles. The number of rotatable bonds is 3. The molecule has 1 heterocycles. The Hall–Kier alpha value is -2.40. The second kappa shape index (κ2) is 5.91. The van der Waals surface area contributed by atoms with Crippen LogP contribution in [0.1, 0.15) is 30.5 Å². The number of aryl methyl sites for hydroxylation is 1. The lowest BCUT2D eigenvalue weighted by molar-refractivity contribution is -0.116. The van der Waals surface area contributed by atoms with Crippen molar-refractivity contribution in [2.24, 2.45) is 0 Å². The minimum atomic E-state index is -0.983. The smallest absolute Gasteiger partial charge is 0.247 e. The number of hydrogen-bond acceptors (Lipinski definition) is 3. The first-order chi connectivity index (χ1) is 11.3. The van der Waals surface area contributed by atoms with Crippen LogP contribution < -0.4 is 10.6 Å². The van der Waals surface area contributed by atoms with E-state index in [0.717, 1.165) is 5.56 Å². The maximum atomic E-state index is 13.9. The van der Waals surface area contributed by atoms with Crippen LogP contribution in [0.3, 0.4) is 0 Å². The zero-order chi connectivity index (χ0) is 17.5. The lowest BCUT2D eigenvalue weighted by atomic mass is 9.98. The molecule has 0 fully saturated rings. The third-order valence-corrected chi connectivity index (χ3v) is 4.34. The third-order valence-electron chi connectivity index (χ3n) is 4.34. The maximum Gasteiger partial charge on any atom is 0.247 e. The van der Waals surface area contributed by atoms with Crippen LogP contribution in [0.25, 0.3) is 0 Å². The van der Waals surface area contributed by atoms with E-state index in [4.69, 9.17) is 0 Å². The summed E-state index contributed by atoms with van der Waals surface area (Å²) in [6, 6.07) is 9.72. The Bertz CT molecular complexity index is 765. The molecule has 0 bridgehead atoms. The van der Waals surface area contributed by atoms with E-state index in [2.05, 4.69) is 10.6 Å². The molecule has 2 aromatic carbocycles. The molecule has 2 aromatic rings. The molecule has 0 saturated heterocycles. The van der Waals surface area contributed by atoms with Gasteiger partial charge in [0.25, 0.3) is 0 Å². The molecule has 126 valence electrons. The van der Waals surface area contributed by atoms with Crippen molar-refractivity contribution in [2.75, 3.05) is 10.6 Å². The van der Waals surface area contributed by atoms with Gasteiger partial charge in [0.2, 0.25) is 5.91 Å². The van der Waals surface area contributed by atoms with Gasteiger partial charge in [-0.15, -0.1) is 0 Å². The molecule has 3 N–H and O–H groups in total. The van der Waals surface area contributed by atoms with Crippen LogP contribution in [0.4, 0.5) is 15.8 Å². The largest absolute Gasteiger partial charge is 0.386 e. The summed E-state index contributed by atoms with van der Waals surface area (Å²) in [6.45, 7) is 5.27. The van der Waals surface area contributed by atoms with Crippen molar-refractivity contribution >= 4 is 17.3 Å². The molecule has 1 atom stereocenters. The lowest BCUT2D eigenvalue weighted by Gasteiger charge is -2.19. The molecule has 0 radical (unpaired) electrons. The first-order valence-corrected chi connectivity index (χ1v) is 7.94. The van der Waals surface area contributed by atoms with Crippen molar-refractivity contribution in [3.8, 4) is 0 Å². The summed E-state index contributed by atoms with van der Waals surface area (Å²) >= 11 is 0. The van der Waals surface area contributed by atoms with Gasteiger partial charge >= 0.3 is 0 Å². The summed E-state index contributed by atoms with van der Waals surface area (Å²) < 4.78 is 13.9. The summed E-state index contributed by atoms with van der Waals surface area (Å²) in [4.78, 5) is 12.5. The van der Waals surface area contributed by atoms with E-state index in [-0.39, 0.29) is 11.7 Å². The molecule has 0 aliphatic carbocycles. The van der Waals surface area contributed by atoms with Crippen LogP contribution in [0.15, 0.2) is 36.4 Å². The fraction of sp³-hybridized carbons (Fsp3) is 0.316. The molecule has 5 heteroatoms. The van der Waals surface area contributed by atoms with Crippen LogP contribution in [0, 0.1) is 12.7 Å². The van der Waals surface area contributed by atoms with Crippen molar-refractivity contribution in [1.29, 1.82) is 0 Å². The van der Waals surface area contributed by atoms with Gasteiger partial charge in [0, 0.05) is 23.4 Å². The van der Waals surface area contributed by atoms with Crippen LogP contribution >= 0.6 is 0 Å². The molecule has 4 nitrogen and oxygen atoms in total. The topological polar surface area (TPSA) is 61.4 Å². The summed E-state index contributed by atoms with van der Waals surface area (Å²) in [7, 11) is 0. The number of anilines is 2.